The van der Waals surface area contributed by atoms with E-state index in [1.165, 1.54) is 19.1 Å². The van der Waals surface area contributed by atoms with Crippen LogP contribution in [0.15, 0.2) is 24.3 Å². The number of benzene rings is 1. The van der Waals surface area contributed by atoms with Crippen LogP contribution in [0.25, 0.3) is 0 Å². The third-order valence-corrected chi connectivity index (χ3v) is 3.23. The number of carboxylic acid groups (broad SMARTS) is 1. The lowest BCUT2D eigenvalue weighted by atomic mass is 9.99. The SMILES string of the molecule is CC[C@H](C)[C@H](NC(=O)c1ccc(NC(C)=O)cc1)C(=O)O. The second kappa shape index (κ2) is 7.42. The van der Waals surface area contributed by atoms with Crippen molar-refractivity contribution < 1.29 is 19.5 Å². The van der Waals surface area contributed by atoms with Crippen molar-refractivity contribution >= 4 is 23.5 Å². The van der Waals surface area contributed by atoms with Gasteiger partial charge in [0.1, 0.15) is 6.04 Å². The van der Waals surface area contributed by atoms with E-state index in [0.717, 1.165) is 0 Å². The minimum atomic E-state index is -1.05. The highest BCUT2D eigenvalue weighted by Gasteiger charge is 2.25. The fraction of sp³-hybridized carbons (Fsp3) is 0.400. The normalized spacial score (nSPS) is 13.1. The second-order valence-electron chi connectivity index (χ2n) is 4.93. The van der Waals surface area contributed by atoms with Crippen LogP contribution in [-0.2, 0) is 9.59 Å². The molecule has 1 aromatic carbocycles. The van der Waals surface area contributed by atoms with E-state index >= 15 is 0 Å². The van der Waals surface area contributed by atoms with Crippen LogP contribution in [0.2, 0.25) is 0 Å². The number of carbonyl (C=O) groups is 3. The van der Waals surface area contributed by atoms with Gasteiger partial charge >= 0.3 is 5.97 Å². The molecule has 2 amide bonds. The predicted molar refractivity (Wildman–Crippen MR) is 79.1 cm³/mol. The number of anilines is 1. The Morgan fingerprint density at radius 3 is 2.19 bits per heavy atom. The van der Waals surface area contributed by atoms with Crippen LogP contribution in [0.5, 0.6) is 0 Å². The molecule has 0 aliphatic heterocycles. The summed E-state index contributed by atoms with van der Waals surface area (Å²) in [5.41, 5.74) is 0.925. The molecule has 2 atom stereocenters. The summed E-state index contributed by atoms with van der Waals surface area (Å²) in [5.74, 6) is -1.86. The van der Waals surface area contributed by atoms with E-state index in [0.29, 0.717) is 17.7 Å². The summed E-state index contributed by atoms with van der Waals surface area (Å²) in [5, 5.41) is 14.3. The number of carboxylic acids is 1. The van der Waals surface area contributed by atoms with Crippen molar-refractivity contribution in [1.29, 1.82) is 0 Å². The first-order chi connectivity index (χ1) is 9.85. The summed E-state index contributed by atoms with van der Waals surface area (Å²) >= 11 is 0. The average molecular weight is 292 g/mol. The van der Waals surface area contributed by atoms with Crippen LogP contribution in [0.1, 0.15) is 37.6 Å². The monoisotopic (exact) mass is 292 g/mol. The van der Waals surface area contributed by atoms with E-state index in [4.69, 9.17) is 5.11 Å². The first-order valence-electron chi connectivity index (χ1n) is 6.76. The second-order valence-corrected chi connectivity index (χ2v) is 4.93. The number of hydrogen-bond donors (Lipinski definition) is 3. The van der Waals surface area contributed by atoms with Crippen LogP contribution < -0.4 is 10.6 Å². The molecular weight excluding hydrogens is 272 g/mol. The molecule has 21 heavy (non-hydrogen) atoms. The van der Waals surface area contributed by atoms with Gasteiger partial charge in [-0.15, -0.1) is 0 Å². The number of amides is 2. The van der Waals surface area contributed by atoms with E-state index < -0.39 is 17.9 Å². The maximum Gasteiger partial charge on any atom is 0.326 e. The number of hydrogen-bond acceptors (Lipinski definition) is 3. The van der Waals surface area contributed by atoms with Crippen LogP contribution in [0.3, 0.4) is 0 Å². The summed E-state index contributed by atoms with van der Waals surface area (Å²) in [7, 11) is 0. The van der Waals surface area contributed by atoms with Crippen molar-refractivity contribution in [1.82, 2.24) is 5.32 Å². The summed E-state index contributed by atoms with van der Waals surface area (Å²) in [6.45, 7) is 5.04. The molecule has 6 heteroatoms. The van der Waals surface area contributed by atoms with E-state index in [2.05, 4.69) is 10.6 Å². The Morgan fingerprint density at radius 2 is 1.76 bits per heavy atom. The van der Waals surface area contributed by atoms with Gasteiger partial charge in [-0.05, 0) is 30.2 Å². The van der Waals surface area contributed by atoms with Crippen molar-refractivity contribution in [2.75, 3.05) is 5.32 Å². The van der Waals surface area contributed by atoms with Gasteiger partial charge in [0.15, 0.2) is 0 Å². The zero-order valence-corrected chi connectivity index (χ0v) is 12.3. The molecule has 0 saturated heterocycles. The molecule has 1 aromatic rings. The zero-order chi connectivity index (χ0) is 16.0. The Hall–Kier alpha value is -2.37. The molecule has 0 spiro atoms. The molecule has 0 fully saturated rings. The summed E-state index contributed by atoms with van der Waals surface area (Å²) < 4.78 is 0. The van der Waals surface area contributed by atoms with Crippen LogP contribution in [0.4, 0.5) is 5.69 Å². The van der Waals surface area contributed by atoms with E-state index in [1.807, 2.05) is 6.92 Å². The molecule has 0 heterocycles. The van der Waals surface area contributed by atoms with Gasteiger partial charge in [-0.3, -0.25) is 9.59 Å². The molecule has 0 aromatic heterocycles. The zero-order valence-electron chi connectivity index (χ0n) is 12.3. The van der Waals surface area contributed by atoms with E-state index in [1.54, 1.807) is 19.1 Å². The molecule has 114 valence electrons. The Bertz CT molecular complexity index is 525. The van der Waals surface area contributed by atoms with E-state index in [9.17, 15) is 14.4 Å². The third kappa shape index (κ3) is 4.91. The average Bonchev–Trinajstić information content (AvgIpc) is 2.43. The van der Waals surface area contributed by atoms with Gasteiger partial charge in [-0.25, -0.2) is 4.79 Å². The molecule has 0 saturated carbocycles. The van der Waals surface area contributed by atoms with Crippen molar-refractivity contribution in [3.05, 3.63) is 29.8 Å². The molecule has 6 nitrogen and oxygen atoms in total. The Balaban J connectivity index is 2.78. The first-order valence-corrected chi connectivity index (χ1v) is 6.76. The molecule has 0 aliphatic rings. The van der Waals surface area contributed by atoms with Gasteiger partial charge in [0.05, 0.1) is 0 Å². The summed E-state index contributed by atoms with van der Waals surface area (Å²) in [4.78, 5) is 34.1. The minimum Gasteiger partial charge on any atom is -0.480 e. The fourth-order valence-electron chi connectivity index (χ4n) is 1.82. The van der Waals surface area contributed by atoms with Gasteiger partial charge in [0.2, 0.25) is 5.91 Å². The molecule has 0 radical (unpaired) electrons. The highest BCUT2D eigenvalue weighted by atomic mass is 16.4. The van der Waals surface area contributed by atoms with Gasteiger partial charge in [0.25, 0.3) is 5.91 Å². The van der Waals surface area contributed by atoms with Gasteiger partial charge in [-0.1, -0.05) is 20.3 Å². The number of carbonyl (C=O) groups excluding carboxylic acids is 2. The lowest BCUT2D eigenvalue weighted by molar-refractivity contribution is -0.140. The smallest absolute Gasteiger partial charge is 0.326 e. The third-order valence-electron chi connectivity index (χ3n) is 3.23. The van der Waals surface area contributed by atoms with Crippen LogP contribution >= 0.6 is 0 Å². The predicted octanol–water partition coefficient (Wildman–Crippen LogP) is 1.87. The lowest BCUT2D eigenvalue weighted by Crippen LogP contribution is -2.45. The number of nitrogens with one attached hydrogen (secondary N) is 2. The quantitative estimate of drug-likeness (QED) is 0.746. The maximum absolute atomic E-state index is 12.1. The maximum atomic E-state index is 12.1. The Labute approximate surface area is 123 Å². The largest absolute Gasteiger partial charge is 0.480 e. The van der Waals surface area contributed by atoms with Crippen molar-refractivity contribution in [2.45, 2.75) is 33.2 Å². The number of aliphatic carboxylic acids is 1. The standard InChI is InChI=1S/C15H20N2O4/c1-4-9(2)13(15(20)21)17-14(19)11-5-7-12(8-6-11)16-10(3)18/h5-9,13H,4H2,1-3H3,(H,16,18)(H,17,19)(H,20,21)/t9-,13-/m0/s1. The molecule has 0 aliphatic carbocycles. The molecule has 0 bridgehead atoms. The molecule has 0 unspecified atom stereocenters. The fourth-order valence-corrected chi connectivity index (χ4v) is 1.82. The Morgan fingerprint density at radius 1 is 1.19 bits per heavy atom. The summed E-state index contributed by atoms with van der Waals surface area (Å²) in [6.07, 6.45) is 0.652. The molecule has 1 rings (SSSR count). The van der Waals surface area contributed by atoms with Gasteiger partial charge < -0.3 is 15.7 Å². The summed E-state index contributed by atoms with van der Waals surface area (Å²) in [6, 6.07) is 5.34. The van der Waals surface area contributed by atoms with Crippen molar-refractivity contribution in [3.63, 3.8) is 0 Å². The molecule has 3 N–H and O–H groups in total. The van der Waals surface area contributed by atoms with Crippen molar-refractivity contribution in [2.24, 2.45) is 5.92 Å². The van der Waals surface area contributed by atoms with Crippen LogP contribution in [-0.4, -0.2) is 28.9 Å². The van der Waals surface area contributed by atoms with Gasteiger partial charge in [-0.2, -0.15) is 0 Å². The minimum absolute atomic E-state index is 0.162. The Kier molecular flexibility index (Phi) is 5.90. The molecular formula is C15H20N2O4. The van der Waals surface area contributed by atoms with Crippen LogP contribution in [0, 0.1) is 5.92 Å². The lowest BCUT2D eigenvalue weighted by Gasteiger charge is -2.20. The van der Waals surface area contributed by atoms with E-state index in [-0.39, 0.29) is 11.8 Å². The number of rotatable bonds is 6. The highest BCUT2D eigenvalue weighted by molar-refractivity contribution is 5.97. The van der Waals surface area contributed by atoms with Gasteiger partial charge in [0, 0.05) is 18.2 Å². The highest BCUT2D eigenvalue weighted by Crippen LogP contribution is 2.12. The van der Waals surface area contributed by atoms with Crippen molar-refractivity contribution in [3.8, 4) is 0 Å². The first kappa shape index (κ1) is 16.7. The topological polar surface area (TPSA) is 95.5 Å².